The summed E-state index contributed by atoms with van der Waals surface area (Å²) in [4.78, 5) is 38.4. The predicted molar refractivity (Wildman–Crippen MR) is 113 cm³/mol. The Morgan fingerprint density at radius 2 is 1.76 bits per heavy atom. The Balaban J connectivity index is 1.55. The minimum atomic E-state index is -0.262. The molecule has 154 valence electrons. The lowest BCUT2D eigenvalue weighted by Crippen LogP contribution is -2.48. The average molecular weight is 462 g/mol. The average Bonchev–Trinajstić information content (AvgIpc) is 2.68. The minimum Gasteiger partial charge on any atom is -0.372 e. The molecule has 2 heterocycles. The summed E-state index contributed by atoms with van der Waals surface area (Å²) in [7, 11) is 0. The van der Waals surface area contributed by atoms with E-state index in [1.165, 1.54) is 10.6 Å². The second kappa shape index (κ2) is 9.37. The number of hydrogen-bond donors (Lipinski definition) is 1. The first kappa shape index (κ1) is 21.3. The predicted octanol–water partition coefficient (Wildman–Crippen LogP) is 2.18. The van der Waals surface area contributed by atoms with Gasteiger partial charge < -0.3 is 19.5 Å². The third kappa shape index (κ3) is 5.77. The summed E-state index contributed by atoms with van der Waals surface area (Å²) in [6, 6.07) is 10.2. The maximum atomic E-state index is 12.7. The molecule has 0 saturated carbocycles. The van der Waals surface area contributed by atoms with Crippen LogP contribution in [0.4, 0.5) is 0 Å². The van der Waals surface area contributed by atoms with E-state index in [0.29, 0.717) is 25.2 Å². The normalized spacial score (nSPS) is 19.1. The number of halogens is 1. The van der Waals surface area contributed by atoms with Gasteiger partial charge in [-0.3, -0.25) is 14.4 Å². The molecule has 0 aliphatic carbocycles. The van der Waals surface area contributed by atoms with Gasteiger partial charge in [0.05, 0.1) is 12.2 Å². The first-order valence-corrected chi connectivity index (χ1v) is 10.3. The number of carbonyl (C=O) groups excluding carboxylic acids is 2. The van der Waals surface area contributed by atoms with Gasteiger partial charge in [0.15, 0.2) is 0 Å². The molecule has 2 atom stereocenters. The summed E-state index contributed by atoms with van der Waals surface area (Å²) in [5, 5.41) is 2.79. The topological polar surface area (TPSA) is 80.6 Å². The van der Waals surface area contributed by atoms with Crippen LogP contribution in [0, 0.1) is 0 Å². The van der Waals surface area contributed by atoms with E-state index >= 15 is 0 Å². The van der Waals surface area contributed by atoms with Crippen molar-refractivity contribution in [2.75, 3.05) is 13.1 Å². The van der Waals surface area contributed by atoms with Gasteiger partial charge in [0.1, 0.15) is 6.54 Å². The number of aromatic nitrogens is 1. The molecule has 1 aliphatic heterocycles. The number of morpholine rings is 1. The van der Waals surface area contributed by atoms with E-state index in [1.54, 1.807) is 24.4 Å². The lowest BCUT2D eigenvalue weighted by molar-refractivity contribution is -0.121. The lowest BCUT2D eigenvalue weighted by Gasteiger charge is -2.35. The molecule has 3 rings (SSSR count). The molecule has 1 saturated heterocycles. The molecule has 29 heavy (non-hydrogen) atoms. The van der Waals surface area contributed by atoms with Crippen LogP contribution in [0.3, 0.4) is 0 Å². The fourth-order valence-corrected chi connectivity index (χ4v) is 3.71. The maximum absolute atomic E-state index is 12.7. The molecule has 2 amide bonds. The molecule has 1 N–H and O–H groups in total. The Morgan fingerprint density at radius 1 is 1.10 bits per heavy atom. The van der Waals surface area contributed by atoms with Crippen molar-refractivity contribution in [1.82, 2.24) is 14.8 Å². The number of carbonyl (C=O) groups is 2. The minimum absolute atomic E-state index is 0.0170. The molecule has 8 heteroatoms. The zero-order chi connectivity index (χ0) is 21.0. The smallest absolute Gasteiger partial charge is 0.254 e. The Hall–Kier alpha value is -2.45. The number of hydrogen-bond acceptors (Lipinski definition) is 4. The monoisotopic (exact) mass is 461 g/mol. The molecule has 2 aromatic rings. The van der Waals surface area contributed by atoms with Crippen LogP contribution in [0.1, 0.15) is 29.8 Å². The molecule has 1 aromatic heterocycles. The van der Waals surface area contributed by atoms with Crippen LogP contribution >= 0.6 is 15.9 Å². The van der Waals surface area contributed by atoms with Crippen molar-refractivity contribution in [3.8, 4) is 0 Å². The van der Waals surface area contributed by atoms with Crippen LogP contribution in [0.2, 0.25) is 0 Å². The van der Waals surface area contributed by atoms with Gasteiger partial charge >= 0.3 is 0 Å². The standard InChI is InChI=1S/C21H24BrN3O4/c1-14-10-25(11-15(2)29-14)21(28)17-5-3-16(4-6-17)9-23-19(26)13-24-12-18(22)7-8-20(24)27/h3-8,12,14-15H,9-11,13H2,1-2H3,(H,23,26). The highest BCUT2D eigenvalue weighted by atomic mass is 79.9. The summed E-state index contributed by atoms with van der Waals surface area (Å²) < 4.78 is 7.74. The number of nitrogens with zero attached hydrogens (tertiary/aromatic N) is 2. The Bertz CT molecular complexity index is 932. The van der Waals surface area contributed by atoms with Crippen LogP contribution in [0.5, 0.6) is 0 Å². The second-order valence-electron chi connectivity index (χ2n) is 7.25. The number of ether oxygens (including phenoxy) is 1. The van der Waals surface area contributed by atoms with Gasteiger partial charge in [0.25, 0.3) is 11.5 Å². The first-order valence-electron chi connectivity index (χ1n) is 9.48. The summed E-state index contributed by atoms with van der Waals surface area (Å²) in [5.74, 6) is -0.279. The molecule has 0 bridgehead atoms. The largest absolute Gasteiger partial charge is 0.372 e. The molecular formula is C21H24BrN3O4. The molecular weight excluding hydrogens is 438 g/mol. The van der Waals surface area contributed by atoms with Gasteiger partial charge in [-0.25, -0.2) is 0 Å². The summed E-state index contributed by atoms with van der Waals surface area (Å²) in [5.41, 5.74) is 1.25. The first-order chi connectivity index (χ1) is 13.8. The van der Waals surface area contributed by atoms with Crippen molar-refractivity contribution >= 4 is 27.7 Å². The zero-order valence-electron chi connectivity index (χ0n) is 16.4. The lowest BCUT2D eigenvalue weighted by atomic mass is 10.1. The van der Waals surface area contributed by atoms with Crippen molar-refractivity contribution in [2.24, 2.45) is 0 Å². The SMILES string of the molecule is CC1CN(C(=O)c2ccc(CNC(=O)Cn3cc(Br)ccc3=O)cc2)CC(C)O1. The van der Waals surface area contributed by atoms with E-state index in [0.717, 1.165) is 10.0 Å². The second-order valence-corrected chi connectivity index (χ2v) is 8.17. The summed E-state index contributed by atoms with van der Waals surface area (Å²) in [6.45, 7) is 5.35. The fourth-order valence-electron chi connectivity index (χ4n) is 3.33. The molecule has 1 fully saturated rings. The van der Waals surface area contributed by atoms with Gasteiger partial charge in [0, 0.05) is 41.9 Å². The van der Waals surface area contributed by atoms with E-state index in [2.05, 4.69) is 21.2 Å². The van der Waals surface area contributed by atoms with E-state index in [9.17, 15) is 14.4 Å². The van der Waals surface area contributed by atoms with Crippen molar-refractivity contribution in [3.63, 3.8) is 0 Å². The van der Waals surface area contributed by atoms with Crippen molar-refractivity contribution in [1.29, 1.82) is 0 Å². The zero-order valence-corrected chi connectivity index (χ0v) is 18.0. The number of benzene rings is 1. The van der Waals surface area contributed by atoms with Gasteiger partial charge in [-0.05, 0) is 53.5 Å². The molecule has 1 aliphatic rings. The number of amides is 2. The van der Waals surface area contributed by atoms with E-state index in [4.69, 9.17) is 4.74 Å². The van der Waals surface area contributed by atoms with Crippen molar-refractivity contribution in [3.05, 3.63) is 68.5 Å². The maximum Gasteiger partial charge on any atom is 0.254 e. The van der Waals surface area contributed by atoms with Crippen LogP contribution in [-0.4, -0.2) is 46.6 Å². The van der Waals surface area contributed by atoms with Crippen LogP contribution in [0.15, 0.2) is 51.9 Å². The highest BCUT2D eigenvalue weighted by Crippen LogP contribution is 2.15. The third-order valence-corrected chi connectivity index (χ3v) is 5.13. The molecule has 2 unspecified atom stereocenters. The molecule has 0 radical (unpaired) electrons. The summed E-state index contributed by atoms with van der Waals surface area (Å²) >= 11 is 3.29. The van der Waals surface area contributed by atoms with Gasteiger partial charge in [-0.2, -0.15) is 0 Å². The molecule has 1 aromatic carbocycles. The highest BCUT2D eigenvalue weighted by molar-refractivity contribution is 9.10. The van der Waals surface area contributed by atoms with Gasteiger partial charge in [0.2, 0.25) is 5.91 Å². The molecule has 0 spiro atoms. The highest BCUT2D eigenvalue weighted by Gasteiger charge is 2.26. The fraction of sp³-hybridized carbons (Fsp3) is 0.381. The quantitative estimate of drug-likeness (QED) is 0.739. The van der Waals surface area contributed by atoms with Crippen LogP contribution < -0.4 is 10.9 Å². The third-order valence-electron chi connectivity index (χ3n) is 4.66. The van der Waals surface area contributed by atoms with Crippen LogP contribution in [-0.2, 0) is 22.6 Å². The van der Waals surface area contributed by atoms with E-state index < -0.39 is 0 Å². The van der Waals surface area contributed by atoms with Crippen molar-refractivity contribution in [2.45, 2.75) is 39.1 Å². The Labute approximate surface area is 177 Å². The van der Waals surface area contributed by atoms with Crippen molar-refractivity contribution < 1.29 is 14.3 Å². The van der Waals surface area contributed by atoms with Crippen LogP contribution in [0.25, 0.3) is 0 Å². The molecule has 7 nitrogen and oxygen atoms in total. The van der Waals surface area contributed by atoms with E-state index in [1.807, 2.05) is 30.9 Å². The number of nitrogens with one attached hydrogen (secondary N) is 1. The Kier molecular flexibility index (Phi) is 6.87. The number of pyridine rings is 1. The van der Waals surface area contributed by atoms with Gasteiger partial charge in [-0.1, -0.05) is 12.1 Å². The summed E-state index contributed by atoms with van der Waals surface area (Å²) in [6.07, 6.45) is 1.63. The van der Waals surface area contributed by atoms with E-state index in [-0.39, 0.29) is 36.1 Å². The van der Waals surface area contributed by atoms with Gasteiger partial charge in [-0.15, -0.1) is 0 Å². The Morgan fingerprint density at radius 3 is 2.41 bits per heavy atom. The number of rotatable bonds is 5.